The monoisotopic (exact) mass is 322 g/mol. The van der Waals surface area contributed by atoms with Crippen molar-refractivity contribution in [1.82, 2.24) is 5.43 Å². The Hall–Kier alpha value is -2.12. The van der Waals surface area contributed by atoms with Crippen LogP contribution in [0.2, 0.25) is 0 Å². The van der Waals surface area contributed by atoms with Gasteiger partial charge in [-0.1, -0.05) is 0 Å². The van der Waals surface area contributed by atoms with Crippen molar-refractivity contribution in [3.05, 3.63) is 23.8 Å². The first-order chi connectivity index (χ1) is 11.0. The van der Waals surface area contributed by atoms with Gasteiger partial charge in [0.25, 0.3) is 0 Å². The number of nitrogens with zero attached hydrogens (tertiary/aromatic N) is 1. The van der Waals surface area contributed by atoms with Gasteiger partial charge in [-0.2, -0.15) is 5.10 Å². The molecule has 2 N–H and O–H groups in total. The summed E-state index contributed by atoms with van der Waals surface area (Å²) in [4.78, 5) is 11.9. The average molecular weight is 322 g/mol. The highest BCUT2D eigenvalue weighted by molar-refractivity contribution is 5.83. The molecule has 126 valence electrons. The summed E-state index contributed by atoms with van der Waals surface area (Å²) in [5, 5.41) is 13.5. The quantitative estimate of drug-likeness (QED) is 0.615. The smallest absolute Gasteiger partial charge is 0.245 e. The van der Waals surface area contributed by atoms with Crippen molar-refractivity contribution in [3.8, 4) is 11.5 Å². The Morgan fingerprint density at radius 3 is 2.91 bits per heavy atom. The molecule has 0 radical (unpaired) electrons. The van der Waals surface area contributed by atoms with Crippen LogP contribution in [0.3, 0.4) is 0 Å². The molecule has 2 rings (SSSR count). The number of nitrogens with one attached hydrogen (secondary N) is 1. The fourth-order valence-electron chi connectivity index (χ4n) is 2.17. The maximum absolute atomic E-state index is 11.9. The minimum absolute atomic E-state index is 0.0626. The van der Waals surface area contributed by atoms with Crippen molar-refractivity contribution in [2.75, 3.05) is 19.8 Å². The van der Waals surface area contributed by atoms with E-state index in [1.54, 1.807) is 19.1 Å². The number of aromatic hydroxyl groups is 1. The summed E-state index contributed by atoms with van der Waals surface area (Å²) in [6.07, 6.45) is 2.38. The van der Waals surface area contributed by atoms with E-state index in [-0.39, 0.29) is 18.1 Å². The second-order valence-electron chi connectivity index (χ2n) is 5.31. The summed E-state index contributed by atoms with van der Waals surface area (Å²) < 4.78 is 16.2. The van der Waals surface area contributed by atoms with Crippen LogP contribution >= 0.6 is 0 Å². The third kappa shape index (κ3) is 5.22. The number of rotatable bonds is 6. The number of phenolic OH excluding ortho intramolecular Hbond substituents is 1. The van der Waals surface area contributed by atoms with Gasteiger partial charge in [0.2, 0.25) is 5.91 Å². The Balaban J connectivity index is 1.88. The number of ether oxygens (including phenoxy) is 3. The zero-order valence-corrected chi connectivity index (χ0v) is 13.4. The highest BCUT2D eigenvalue weighted by Gasteiger charge is 2.31. The van der Waals surface area contributed by atoms with Gasteiger partial charge in [0.1, 0.15) is 0 Å². The molecule has 0 saturated carbocycles. The molecular weight excluding hydrogens is 300 g/mol. The van der Waals surface area contributed by atoms with Gasteiger partial charge >= 0.3 is 0 Å². The minimum atomic E-state index is -0.890. The van der Waals surface area contributed by atoms with Gasteiger partial charge in [0.15, 0.2) is 17.3 Å². The summed E-state index contributed by atoms with van der Waals surface area (Å²) in [6, 6.07) is 4.82. The van der Waals surface area contributed by atoms with E-state index in [0.29, 0.717) is 31.1 Å². The highest BCUT2D eigenvalue weighted by Crippen LogP contribution is 2.26. The van der Waals surface area contributed by atoms with Crippen LogP contribution in [0.4, 0.5) is 0 Å². The lowest BCUT2D eigenvalue weighted by atomic mass is 10.2. The zero-order valence-electron chi connectivity index (χ0n) is 13.4. The number of hydrogen-bond acceptors (Lipinski definition) is 6. The van der Waals surface area contributed by atoms with Crippen molar-refractivity contribution in [3.63, 3.8) is 0 Å². The molecule has 0 unspecified atom stereocenters. The predicted octanol–water partition coefficient (Wildman–Crippen LogP) is 1.78. The number of hydrogen-bond donors (Lipinski definition) is 2. The van der Waals surface area contributed by atoms with E-state index < -0.39 is 5.79 Å². The van der Waals surface area contributed by atoms with E-state index in [4.69, 9.17) is 14.2 Å². The number of phenols is 1. The molecule has 7 nitrogen and oxygen atoms in total. The van der Waals surface area contributed by atoms with Gasteiger partial charge in [-0.05, 0) is 44.0 Å². The van der Waals surface area contributed by atoms with E-state index in [9.17, 15) is 9.90 Å². The van der Waals surface area contributed by atoms with Crippen LogP contribution in [0.5, 0.6) is 11.5 Å². The van der Waals surface area contributed by atoms with Crippen molar-refractivity contribution < 1.29 is 24.1 Å². The van der Waals surface area contributed by atoms with E-state index >= 15 is 0 Å². The van der Waals surface area contributed by atoms with Gasteiger partial charge < -0.3 is 19.3 Å². The van der Waals surface area contributed by atoms with Crippen LogP contribution < -0.4 is 10.2 Å². The summed E-state index contributed by atoms with van der Waals surface area (Å²) in [7, 11) is 0. The van der Waals surface area contributed by atoms with Gasteiger partial charge in [-0.3, -0.25) is 4.79 Å². The second kappa shape index (κ2) is 7.94. The maximum atomic E-state index is 11.9. The fraction of sp³-hybridized carbons (Fsp3) is 0.500. The summed E-state index contributed by atoms with van der Waals surface area (Å²) in [6.45, 7) is 5.19. The minimum Gasteiger partial charge on any atom is -0.504 e. The molecule has 1 aromatic rings. The number of hydrazone groups is 1. The molecule has 0 bridgehead atoms. The predicted molar refractivity (Wildman–Crippen MR) is 84.6 cm³/mol. The van der Waals surface area contributed by atoms with E-state index in [1.807, 2.05) is 6.92 Å². The molecule has 1 saturated heterocycles. The van der Waals surface area contributed by atoms with Gasteiger partial charge in [0, 0.05) is 0 Å². The second-order valence-corrected chi connectivity index (χ2v) is 5.31. The SMILES string of the molecule is CCOc1cc(/C=N/NC(=O)CC2(C)OCCCO2)ccc1O. The largest absolute Gasteiger partial charge is 0.504 e. The van der Waals surface area contributed by atoms with Crippen LogP contribution in [-0.4, -0.2) is 42.8 Å². The maximum Gasteiger partial charge on any atom is 0.245 e. The molecule has 1 amide bonds. The van der Waals surface area contributed by atoms with Crippen molar-refractivity contribution >= 4 is 12.1 Å². The average Bonchev–Trinajstić information content (AvgIpc) is 2.51. The number of benzene rings is 1. The van der Waals surface area contributed by atoms with Crippen LogP contribution in [0.25, 0.3) is 0 Å². The topological polar surface area (TPSA) is 89.4 Å². The molecule has 0 aliphatic carbocycles. The Kier molecular flexibility index (Phi) is 5.95. The van der Waals surface area contributed by atoms with Gasteiger partial charge in [-0.15, -0.1) is 0 Å². The molecule has 7 heteroatoms. The molecule has 1 aliphatic rings. The molecule has 1 aliphatic heterocycles. The molecular formula is C16H22N2O5. The van der Waals surface area contributed by atoms with E-state index in [2.05, 4.69) is 10.5 Å². The van der Waals surface area contributed by atoms with Crippen molar-refractivity contribution in [1.29, 1.82) is 0 Å². The molecule has 1 heterocycles. The zero-order chi connectivity index (χ0) is 16.7. The third-order valence-corrected chi connectivity index (χ3v) is 3.27. The highest BCUT2D eigenvalue weighted by atomic mass is 16.7. The number of carbonyl (C=O) groups excluding carboxylic acids is 1. The number of amides is 1. The lowest BCUT2D eigenvalue weighted by Gasteiger charge is -2.33. The van der Waals surface area contributed by atoms with E-state index in [1.165, 1.54) is 12.3 Å². The first-order valence-electron chi connectivity index (χ1n) is 7.58. The van der Waals surface area contributed by atoms with Crippen molar-refractivity contribution in [2.24, 2.45) is 5.10 Å². The van der Waals surface area contributed by atoms with E-state index in [0.717, 1.165) is 6.42 Å². The van der Waals surface area contributed by atoms with Crippen LogP contribution in [0.15, 0.2) is 23.3 Å². The standard InChI is InChI=1S/C16H22N2O5/c1-3-21-14-9-12(5-6-13(14)19)11-17-18-15(20)10-16(2)22-7-4-8-23-16/h5-6,9,11,19H,3-4,7-8,10H2,1-2H3,(H,18,20)/b17-11+. The van der Waals surface area contributed by atoms with Gasteiger partial charge in [-0.25, -0.2) is 5.43 Å². The first-order valence-corrected chi connectivity index (χ1v) is 7.58. The van der Waals surface area contributed by atoms with Crippen LogP contribution in [0.1, 0.15) is 32.3 Å². The molecule has 0 spiro atoms. The molecule has 1 aromatic carbocycles. The summed E-state index contributed by atoms with van der Waals surface area (Å²) in [5.74, 6) is -0.750. The number of carbonyl (C=O) groups is 1. The van der Waals surface area contributed by atoms with Gasteiger partial charge in [0.05, 0.1) is 32.5 Å². The molecule has 0 atom stereocenters. The molecule has 1 fully saturated rings. The lowest BCUT2D eigenvalue weighted by Crippen LogP contribution is -2.41. The molecule has 23 heavy (non-hydrogen) atoms. The van der Waals surface area contributed by atoms with Crippen LogP contribution in [0, 0.1) is 0 Å². The fourth-order valence-corrected chi connectivity index (χ4v) is 2.17. The van der Waals surface area contributed by atoms with Crippen molar-refractivity contribution in [2.45, 2.75) is 32.5 Å². The Bertz CT molecular complexity index is 568. The normalized spacial score (nSPS) is 17.1. The Labute approximate surface area is 135 Å². The van der Waals surface area contributed by atoms with Crippen LogP contribution in [-0.2, 0) is 14.3 Å². The molecule has 0 aromatic heterocycles. The summed E-state index contributed by atoms with van der Waals surface area (Å²) in [5.41, 5.74) is 3.13. The lowest BCUT2D eigenvalue weighted by molar-refractivity contribution is -0.256. The first kappa shape index (κ1) is 17.2. The third-order valence-electron chi connectivity index (χ3n) is 3.27. The Morgan fingerprint density at radius 1 is 1.48 bits per heavy atom. The summed E-state index contributed by atoms with van der Waals surface area (Å²) >= 11 is 0. The Morgan fingerprint density at radius 2 is 2.22 bits per heavy atom.